The third-order valence-electron chi connectivity index (χ3n) is 4.17. The molecule has 1 fully saturated rings. The van der Waals surface area contributed by atoms with Crippen LogP contribution in [0.25, 0.3) is 16.8 Å². The van der Waals surface area contributed by atoms with Crippen LogP contribution >= 0.6 is 11.3 Å². The highest BCUT2D eigenvalue weighted by molar-refractivity contribution is 7.11. The first kappa shape index (κ1) is 15.7. The lowest BCUT2D eigenvalue weighted by atomic mass is 10.1. The van der Waals surface area contributed by atoms with Gasteiger partial charge in [-0.2, -0.15) is 5.26 Å². The molecule has 3 rings (SSSR count). The third-order valence-corrected chi connectivity index (χ3v) is 5.03. The van der Waals surface area contributed by atoms with Crippen molar-refractivity contribution in [3.05, 3.63) is 46.5 Å². The molecule has 0 unspecified atom stereocenters. The number of hydrogen-bond acceptors (Lipinski definition) is 4. The average Bonchev–Trinajstić information content (AvgIpc) is 3.07. The van der Waals surface area contributed by atoms with Gasteiger partial charge in [-0.1, -0.05) is 30.3 Å². The SMILES string of the molecule is N#C/C(=C(/O)C[NH+]1CCCCC1)c1nc(-c2ccccc2)cs1. The lowest BCUT2D eigenvalue weighted by Crippen LogP contribution is -3.13. The molecule has 2 heterocycles. The van der Waals surface area contributed by atoms with Crippen LogP contribution in [0.2, 0.25) is 0 Å². The Bertz CT molecular complexity index is 724. The first-order chi connectivity index (χ1) is 11.3. The Morgan fingerprint density at radius 3 is 2.65 bits per heavy atom. The third kappa shape index (κ3) is 3.79. The Kier molecular flexibility index (Phi) is 5.06. The Morgan fingerprint density at radius 2 is 1.96 bits per heavy atom. The number of nitrogens with one attached hydrogen (secondary N) is 1. The summed E-state index contributed by atoms with van der Waals surface area (Å²) in [5, 5.41) is 22.4. The average molecular weight is 326 g/mol. The topological polar surface area (TPSA) is 61.3 Å². The van der Waals surface area contributed by atoms with Gasteiger partial charge in [-0.25, -0.2) is 4.98 Å². The van der Waals surface area contributed by atoms with Gasteiger partial charge < -0.3 is 10.0 Å². The van der Waals surface area contributed by atoms with Crippen molar-refractivity contribution >= 4 is 16.9 Å². The van der Waals surface area contributed by atoms with Gasteiger partial charge in [0.1, 0.15) is 23.2 Å². The van der Waals surface area contributed by atoms with E-state index in [-0.39, 0.29) is 5.76 Å². The maximum Gasteiger partial charge on any atom is 0.168 e. The second-order valence-corrected chi connectivity index (χ2v) is 6.68. The molecule has 1 aromatic heterocycles. The van der Waals surface area contributed by atoms with Crippen molar-refractivity contribution in [1.29, 1.82) is 5.26 Å². The summed E-state index contributed by atoms with van der Waals surface area (Å²) < 4.78 is 0. The zero-order chi connectivity index (χ0) is 16.1. The van der Waals surface area contributed by atoms with Crippen molar-refractivity contribution < 1.29 is 10.0 Å². The molecule has 2 N–H and O–H groups in total. The number of thiazole rings is 1. The normalized spacial score (nSPS) is 16.7. The number of quaternary nitrogens is 1. The number of nitrogens with zero attached hydrogens (tertiary/aromatic N) is 2. The Balaban J connectivity index is 1.81. The summed E-state index contributed by atoms with van der Waals surface area (Å²) in [7, 11) is 0. The predicted molar refractivity (Wildman–Crippen MR) is 92.1 cm³/mol. The number of nitriles is 1. The first-order valence-electron chi connectivity index (χ1n) is 7.95. The van der Waals surface area contributed by atoms with E-state index in [9.17, 15) is 10.4 Å². The predicted octanol–water partition coefficient (Wildman–Crippen LogP) is 2.67. The quantitative estimate of drug-likeness (QED) is 0.671. The van der Waals surface area contributed by atoms with Gasteiger partial charge in [0, 0.05) is 10.9 Å². The van der Waals surface area contributed by atoms with Crippen LogP contribution < -0.4 is 4.90 Å². The van der Waals surface area contributed by atoms with Crippen molar-refractivity contribution in [2.75, 3.05) is 19.6 Å². The summed E-state index contributed by atoms with van der Waals surface area (Å²) in [4.78, 5) is 5.88. The molecule has 118 valence electrons. The minimum atomic E-state index is 0.165. The van der Waals surface area contributed by atoms with E-state index in [4.69, 9.17) is 0 Å². The van der Waals surface area contributed by atoms with Crippen molar-refractivity contribution in [2.24, 2.45) is 0 Å². The summed E-state index contributed by atoms with van der Waals surface area (Å²) >= 11 is 1.41. The number of aliphatic hydroxyl groups excluding tert-OH is 1. The standard InChI is InChI=1S/C18H19N3OS/c19-11-15(17(22)12-21-9-5-2-6-10-21)18-20-16(13-23-18)14-7-3-1-4-8-14/h1,3-4,7-8,13,22H,2,5-6,9-10,12H2/p+1/b17-15-. The number of likely N-dealkylation sites (tertiary alicyclic amines) is 1. The number of piperidine rings is 1. The van der Waals surface area contributed by atoms with Crippen LogP contribution in [-0.4, -0.2) is 29.7 Å². The summed E-state index contributed by atoms with van der Waals surface area (Å²) in [6.45, 7) is 2.65. The number of aromatic nitrogens is 1. The van der Waals surface area contributed by atoms with Crippen LogP contribution in [0.4, 0.5) is 0 Å². The van der Waals surface area contributed by atoms with Gasteiger partial charge in [0.25, 0.3) is 0 Å². The van der Waals surface area contributed by atoms with Gasteiger partial charge in [0.15, 0.2) is 5.76 Å². The zero-order valence-corrected chi connectivity index (χ0v) is 13.8. The van der Waals surface area contributed by atoms with Crippen LogP contribution in [0.15, 0.2) is 41.5 Å². The molecular weight excluding hydrogens is 306 g/mol. The Labute approximate surface area is 140 Å². The molecule has 1 aromatic carbocycles. The van der Waals surface area contributed by atoms with E-state index >= 15 is 0 Å². The van der Waals surface area contributed by atoms with Crippen LogP contribution in [0, 0.1) is 11.3 Å². The smallest absolute Gasteiger partial charge is 0.168 e. The molecule has 1 saturated heterocycles. The fourth-order valence-corrected chi connectivity index (χ4v) is 3.76. The number of hydrogen-bond donors (Lipinski definition) is 2. The van der Waals surface area contributed by atoms with Crippen molar-refractivity contribution in [2.45, 2.75) is 19.3 Å². The molecule has 2 aromatic rings. The number of benzene rings is 1. The van der Waals surface area contributed by atoms with E-state index < -0.39 is 0 Å². The Morgan fingerprint density at radius 1 is 1.22 bits per heavy atom. The maximum absolute atomic E-state index is 10.4. The molecule has 0 radical (unpaired) electrons. The minimum Gasteiger partial charge on any atom is -0.506 e. The highest BCUT2D eigenvalue weighted by Crippen LogP contribution is 2.26. The lowest BCUT2D eigenvalue weighted by molar-refractivity contribution is -0.901. The van der Waals surface area contributed by atoms with Gasteiger partial charge >= 0.3 is 0 Å². The number of allylic oxidation sites excluding steroid dienone is 1. The highest BCUT2D eigenvalue weighted by Gasteiger charge is 2.20. The van der Waals surface area contributed by atoms with E-state index in [1.165, 1.54) is 35.5 Å². The van der Waals surface area contributed by atoms with Crippen molar-refractivity contribution in [3.63, 3.8) is 0 Å². The molecular formula is C18H20N3OS+. The molecule has 5 heteroatoms. The minimum absolute atomic E-state index is 0.165. The van der Waals surface area contributed by atoms with E-state index in [1.54, 1.807) is 0 Å². The van der Waals surface area contributed by atoms with Crippen LogP contribution in [0.1, 0.15) is 24.3 Å². The van der Waals surface area contributed by atoms with E-state index in [0.29, 0.717) is 17.1 Å². The highest BCUT2D eigenvalue weighted by atomic mass is 32.1. The van der Waals surface area contributed by atoms with E-state index in [1.807, 2.05) is 35.7 Å². The molecule has 0 bridgehead atoms. The molecule has 23 heavy (non-hydrogen) atoms. The molecule has 4 nitrogen and oxygen atoms in total. The van der Waals surface area contributed by atoms with Gasteiger partial charge in [-0.15, -0.1) is 11.3 Å². The Hall–Kier alpha value is -2.16. The number of aliphatic hydroxyl groups is 1. The fourth-order valence-electron chi connectivity index (χ4n) is 2.92. The van der Waals surface area contributed by atoms with E-state index in [0.717, 1.165) is 24.3 Å². The molecule has 1 aliphatic heterocycles. The number of rotatable bonds is 4. The van der Waals surface area contributed by atoms with Crippen molar-refractivity contribution in [3.8, 4) is 17.3 Å². The maximum atomic E-state index is 10.4. The second-order valence-electron chi connectivity index (χ2n) is 5.82. The van der Waals surface area contributed by atoms with E-state index in [2.05, 4.69) is 11.1 Å². The molecule has 0 amide bonds. The van der Waals surface area contributed by atoms with Gasteiger partial charge in [-0.3, -0.25) is 0 Å². The summed E-state index contributed by atoms with van der Waals surface area (Å²) in [6.07, 6.45) is 3.66. The second kappa shape index (κ2) is 7.40. The molecule has 0 atom stereocenters. The van der Waals surface area contributed by atoms with Crippen LogP contribution in [0.5, 0.6) is 0 Å². The van der Waals surface area contributed by atoms with Crippen LogP contribution in [-0.2, 0) is 0 Å². The zero-order valence-electron chi connectivity index (χ0n) is 13.0. The summed E-state index contributed by atoms with van der Waals surface area (Å²) in [5.41, 5.74) is 2.18. The van der Waals surface area contributed by atoms with Crippen molar-refractivity contribution in [1.82, 2.24) is 4.98 Å². The van der Waals surface area contributed by atoms with Crippen LogP contribution in [0.3, 0.4) is 0 Å². The fraction of sp³-hybridized carbons (Fsp3) is 0.333. The van der Waals surface area contributed by atoms with Gasteiger partial charge in [-0.05, 0) is 19.3 Å². The largest absolute Gasteiger partial charge is 0.506 e. The van der Waals surface area contributed by atoms with Gasteiger partial charge in [0.05, 0.1) is 18.8 Å². The molecule has 0 aliphatic carbocycles. The molecule has 0 spiro atoms. The molecule has 1 aliphatic rings. The first-order valence-corrected chi connectivity index (χ1v) is 8.83. The van der Waals surface area contributed by atoms with Gasteiger partial charge in [0.2, 0.25) is 0 Å². The summed E-state index contributed by atoms with van der Waals surface area (Å²) in [5.74, 6) is 0.165. The lowest BCUT2D eigenvalue weighted by Gasteiger charge is -2.23. The summed E-state index contributed by atoms with van der Waals surface area (Å²) in [6, 6.07) is 12.0. The molecule has 0 saturated carbocycles. The monoisotopic (exact) mass is 326 g/mol.